The summed E-state index contributed by atoms with van der Waals surface area (Å²) in [5.74, 6) is 2.27. The monoisotopic (exact) mass is 229 g/mol. The predicted molar refractivity (Wildman–Crippen MR) is 63.2 cm³/mol. The van der Waals surface area contributed by atoms with Gasteiger partial charge in [-0.25, -0.2) is 15.0 Å². The molecule has 5 heteroatoms. The van der Waals surface area contributed by atoms with Gasteiger partial charge >= 0.3 is 0 Å². The normalized spacial score (nSPS) is 17.2. The third kappa shape index (κ3) is 2.18. The molecule has 0 aromatic carbocycles. The van der Waals surface area contributed by atoms with E-state index in [2.05, 4.69) is 25.1 Å². The summed E-state index contributed by atoms with van der Waals surface area (Å²) in [6, 6.07) is 0. The number of rotatable bonds is 2. The zero-order chi connectivity index (χ0) is 11.5. The summed E-state index contributed by atoms with van der Waals surface area (Å²) in [4.78, 5) is 12.5. The molecule has 0 atom stereocenters. The van der Waals surface area contributed by atoms with Crippen LogP contribution in [0.25, 0.3) is 11.4 Å². The van der Waals surface area contributed by atoms with Gasteiger partial charge in [-0.2, -0.15) is 5.10 Å². The van der Waals surface area contributed by atoms with Crippen molar-refractivity contribution in [2.75, 3.05) is 0 Å². The molecular weight excluding hydrogens is 214 g/mol. The van der Waals surface area contributed by atoms with Crippen LogP contribution in [-0.2, 0) is 0 Å². The van der Waals surface area contributed by atoms with Crippen molar-refractivity contribution in [2.24, 2.45) is 0 Å². The van der Waals surface area contributed by atoms with Crippen LogP contribution in [0.1, 0.15) is 43.8 Å². The molecule has 3 rings (SSSR count). The standard InChI is InChI=1S/C12H15N5/c1-2-4-9(5-3-1)11-15-12(17-16-11)10-6-13-8-14-7-10/h6-9H,1-5H2,(H,15,16,17). The molecule has 0 radical (unpaired) electrons. The highest BCUT2D eigenvalue weighted by Crippen LogP contribution is 2.31. The average molecular weight is 229 g/mol. The van der Waals surface area contributed by atoms with Crippen LogP contribution in [0.3, 0.4) is 0 Å². The topological polar surface area (TPSA) is 67.3 Å². The van der Waals surface area contributed by atoms with Crippen molar-refractivity contribution in [1.82, 2.24) is 25.1 Å². The number of hydrogen-bond acceptors (Lipinski definition) is 4. The quantitative estimate of drug-likeness (QED) is 0.858. The molecule has 1 aliphatic carbocycles. The lowest BCUT2D eigenvalue weighted by atomic mass is 9.89. The lowest BCUT2D eigenvalue weighted by molar-refractivity contribution is 0.429. The highest BCUT2D eigenvalue weighted by molar-refractivity contribution is 5.50. The van der Waals surface area contributed by atoms with Gasteiger partial charge in [0.25, 0.3) is 0 Å². The van der Waals surface area contributed by atoms with Gasteiger partial charge in [-0.05, 0) is 12.8 Å². The second-order valence-corrected chi connectivity index (χ2v) is 4.51. The van der Waals surface area contributed by atoms with Gasteiger partial charge in [0.1, 0.15) is 12.2 Å². The van der Waals surface area contributed by atoms with Gasteiger partial charge in [0, 0.05) is 18.3 Å². The molecule has 0 spiro atoms. The molecule has 1 saturated carbocycles. The Morgan fingerprint density at radius 3 is 2.59 bits per heavy atom. The van der Waals surface area contributed by atoms with E-state index >= 15 is 0 Å². The van der Waals surface area contributed by atoms with Gasteiger partial charge in [-0.3, -0.25) is 5.10 Å². The summed E-state index contributed by atoms with van der Waals surface area (Å²) < 4.78 is 0. The summed E-state index contributed by atoms with van der Waals surface area (Å²) >= 11 is 0. The molecule has 2 aromatic heterocycles. The Morgan fingerprint density at radius 2 is 1.82 bits per heavy atom. The Kier molecular flexibility index (Phi) is 2.81. The predicted octanol–water partition coefficient (Wildman–Crippen LogP) is 2.31. The SMILES string of the molecule is c1ncc(-c2n[nH]c(C3CCCCC3)n2)cn1. The fraction of sp³-hybridized carbons (Fsp3) is 0.500. The van der Waals surface area contributed by atoms with Crippen LogP contribution in [-0.4, -0.2) is 25.1 Å². The summed E-state index contributed by atoms with van der Waals surface area (Å²) in [7, 11) is 0. The van der Waals surface area contributed by atoms with E-state index in [-0.39, 0.29) is 0 Å². The minimum Gasteiger partial charge on any atom is -0.262 e. The third-order valence-electron chi connectivity index (χ3n) is 3.31. The summed E-state index contributed by atoms with van der Waals surface area (Å²) in [5.41, 5.74) is 0.866. The maximum atomic E-state index is 4.56. The first-order chi connectivity index (χ1) is 8.43. The van der Waals surface area contributed by atoms with Crippen LogP contribution in [0.4, 0.5) is 0 Å². The number of H-pyrrole nitrogens is 1. The average Bonchev–Trinajstić information content (AvgIpc) is 2.90. The van der Waals surface area contributed by atoms with Crippen LogP contribution in [0, 0.1) is 0 Å². The Labute approximate surface area is 99.7 Å². The maximum absolute atomic E-state index is 4.56. The van der Waals surface area contributed by atoms with Crippen molar-refractivity contribution in [3.05, 3.63) is 24.5 Å². The number of nitrogens with zero attached hydrogens (tertiary/aromatic N) is 4. The largest absolute Gasteiger partial charge is 0.262 e. The van der Waals surface area contributed by atoms with Crippen molar-refractivity contribution in [3.63, 3.8) is 0 Å². The van der Waals surface area contributed by atoms with E-state index in [0.29, 0.717) is 11.7 Å². The molecule has 0 unspecified atom stereocenters. The molecule has 88 valence electrons. The van der Waals surface area contributed by atoms with Gasteiger partial charge in [-0.1, -0.05) is 19.3 Å². The molecule has 5 nitrogen and oxygen atoms in total. The van der Waals surface area contributed by atoms with E-state index in [4.69, 9.17) is 0 Å². The van der Waals surface area contributed by atoms with Crippen LogP contribution in [0.5, 0.6) is 0 Å². The molecule has 17 heavy (non-hydrogen) atoms. The summed E-state index contributed by atoms with van der Waals surface area (Å²) in [5, 5.41) is 7.30. The van der Waals surface area contributed by atoms with Crippen molar-refractivity contribution < 1.29 is 0 Å². The third-order valence-corrected chi connectivity index (χ3v) is 3.31. The molecule has 0 aliphatic heterocycles. The fourth-order valence-electron chi connectivity index (χ4n) is 2.38. The first-order valence-electron chi connectivity index (χ1n) is 6.11. The molecule has 0 amide bonds. The van der Waals surface area contributed by atoms with E-state index in [1.54, 1.807) is 12.4 Å². The lowest BCUT2D eigenvalue weighted by Crippen LogP contribution is -2.06. The van der Waals surface area contributed by atoms with Crippen molar-refractivity contribution in [1.29, 1.82) is 0 Å². The summed E-state index contributed by atoms with van der Waals surface area (Å²) in [6.07, 6.45) is 11.4. The van der Waals surface area contributed by atoms with E-state index in [1.165, 1.54) is 38.4 Å². The second kappa shape index (κ2) is 4.61. The van der Waals surface area contributed by atoms with E-state index in [9.17, 15) is 0 Å². The molecular formula is C12H15N5. The first-order valence-corrected chi connectivity index (χ1v) is 6.11. The van der Waals surface area contributed by atoms with Crippen molar-refractivity contribution in [3.8, 4) is 11.4 Å². The Hall–Kier alpha value is -1.78. The van der Waals surface area contributed by atoms with Gasteiger partial charge in [-0.15, -0.1) is 0 Å². The number of aromatic amines is 1. The van der Waals surface area contributed by atoms with Gasteiger partial charge in [0.05, 0.1) is 5.56 Å². The van der Waals surface area contributed by atoms with Gasteiger partial charge in [0.15, 0.2) is 5.82 Å². The Bertz CT molecular complexity index is 473. The molecule has 2 aromatic rings. The molecule has 2 heterocycles. The minimum absolute atomic E-state index is 0.551. The molecule has 0 saturated heterocycles. The lowest BCUT2D eigenvalue weighted by Gasteiger charge is -2.18. The van der Waals surface area contributed by atoms with Crippen molar-refractivity contribution in [2.45, 2.75) is 38.0 Å². The van der Waals surface area contributed by atoms with Gasteiger partial charge < -0.3 is 0 Å². The maximum Gasteiger partial charge on any atom is 0.184 e. The minimum atomic E-state index is 0.551. The molecule has 1 N–H and O–H groups in total. The fourth-order valence-corrected chi connectivity index (χ4v) is 2.38. The van der Waals surface area contributed by atoms with Crippen LogP contribution in [0.2, 0.25) is 0 Å². The number of aromatic nitrogens is 5. The van der Waals surface area contributed by atoms with Crippen molar-refractivity contribution >= 4 is 0 Å². The smallest absolute Gasteiger partial charge is 0.184 e. The number of hydrogen-bond donors (Lipinski definition) is 1. The molecule has 0 bridgehead atoms. The number of nitrogens with one attached hydrogen (secondary N) is 1. The van der Waals surface area contributed by atoms with E-state index < -0.39 is 0 Å². The van der Waals surface area contributed by atoms with Gasteiger partial charge in [0.2, 0.25) is 0 Å². The zero-order valence-corrected chi connectivity index (χ0v) is 9.63. The highest BCUT2D eigenvalue weighted by Gasteiger charge is 2.19. The van der Waals surface area contributed by atoms with Crippen LogP contribution in [0.15, 0.2) is 18.7 Å². The second-order valence-electron chi connectivity index (χ2n) is 4.51. The Morgan fingerprint density at radius 1 is 1.06 bits per heavy atom. The molecule has 1 fully saturated rings. The zero-order valence-electron chi connectivity index (χ0n) is 9.63. The highest BCUT2D eigenvalue weighted by atomic mass is 15.2. The Balaban J connectivity index is 1.83. The molecule has 1 aliphatic rings. The van der Waals surface area contributed by atoms with E-state index in [1.807, 2.05) is 0 Å². The summed E-state index contributed by atoms with van der Waals surface area (Å²) in [6.45, 7) is 0. The first kappa shape index (κ1) is 10.4. The van der Waals surface area contributed by atoms with E-state index in [0.717, 1.165) is 11.4 Å². The van der Waals surface area contributed by atoms with Crippen LogP contribution >= 0.6 is 0 Å². The van der Waals surface area contributed by atoms with Crippen LogP contribution < -0.4 is 0 Å².